The van der Waals surface area contributed by atoms with E-state index < -0.39 is 11.6 Å². The topological polar surface area (TPSA) is 82.9 Å². The van der Waals surface area contributed by atoms with E-state index in [0.717, 1.165) is 22.6 Å². The fourth-order valence-corrected chi connectivity index (χ4v) is 4.68. The molecule has 1 aromatic heterocycles. The number of carbonyl (C=O) groups is 2. The molecule has 1 fully saturated rings. The molecule has 0 spiro atoms. The number of benzene rings is 2. The van der Waals surface area contributed by atoms with Crippen LogP contribution in [-0.2, 0) is 9.47 Å². The predicted molar refractivity (Wildman–Crippen MR) is 146 cm³/mol. The van der Waals surface area contributed by atoms with Crippen LogP contribution in [0.5, 0.6) is 5.75 Å². The average molecular weight is 520 g/mol. The van der Waals surface area contributed by atoms with Gasteiger partial charge in [-0.3, -0.25) is 0 Å². The average Bonchev–Trinajstić information content (AvgIpc) is 3.29. The molecule has 2 aromatic carbocycles. The lowest BCUT2D eigenvalue weighted by Crippen LogP contribution is -2.41. The third-order valence-corrected chi connectivity index (χ3v) is 6.57. The van der Waals surface area contributed by atoms with Crippen LogP contribution in [-0.4, -0.2) is 59.2 Å². The van der Waals surface area contributed by atoms with Crippen LogP contribution in [0.4, 0.5) is 4.79 Å². The fraction of sp³-hybridized carbons (Fsp3) is 0.433. The molecule has 0 unspecified atom stereocenters. The molecule has 1 amide bonds. The standard InChI is InChI=1S/C30H37N3O5/c1-7-37-28(34)25-26(21-16-18-32(19-17-21)29(35)38-30(3,4)5)31-33(23-12-14-24(36-6)15-13-23)27(25)22-10-8-20(2)9-11-22/h8-15,21H,7,16-19H2,1-6H3. The Hall–Kier alpha value is -3.81. The van der Waals surface area contributed by atoms with Gasteiger partial charge in [0.1, 0.15) is 16.9 Å². The Bertz CT molecular complexity index is 1260. The van der Waals surface area contributed by atoms with E-state index in [9.17, 15) is 9.59 Å². The molecular formula is C30H37N3O5. The van der Waals surface area contributed by atoms with Gasteiger partial charge in [-0.05, 0) is 71.7 Å². The summed E-state index contributed by atoms with van der Waals surface area (Å²) in [7, 11) is 1.63. The Morgan fingerprint density at radius 3 is 2.18 bits per heavy atom. The number of aromatic nitrogens is 2. The van der Waals surface area contributed by atoms with E-state index in [4.69, 9.17) is 19.3 Å². The van der Waals surface area contributed by atoms with E-state index >= 15 is 0 Å². The monoisotopic (exact) mass is 519 g/mol. The minimum atomic E-state index is -0.551. The Morgan fingerprint density at radius 1 is 1.00 bits per heavy atom. The highest BCUT2D eigenvalue weighted by atomic mass is 16.6. The van der Waals surface area contributed by atoms with Crippen molar-refractivity contribution in [1.29, 1.82) is 0 Å². The SMILES string of the molecule is CCOC(=O)c1c(C2CCN(C(=O)OC(C)(C)C)CC2)nn(-c2ccc(OC)cc2)c1-c1ccc(C)cc1. The minimum Gasteiger partial charge on any atom is -0.497 e. The Labute approximate surface area is 224 Å². The Kier molecular flexibility index (Phi) is 8.09. The van der Waals surface area contributed by atoms with Crippen molar-refractivity contribution in [2.75, 3.05) is 26.8 Å². The molecule has 3 aromatic rings. The van der Waals surface area contributed by atoms with Crippen molar-refractivity contribution in [1.82, 2.24) is 14.7 Å². The molecule has 0 bridgehead atoms. The third kappa shape index (κ3) is 6.01. The molecule has 8 heteroatoms. The number of nitrogens with zero attached hydrogens (tertiary/aromatic N) is 3. The predicted octanol–water partition coefficient (Wildman–Crippen LogP) is 6.15. The first-order valence-electron chi connectivity index (χ1n) is 13.1. The van der Waals surface area contributed by atoms with Gasteiger partial charge in [0.25, 0.3) is 0 Å². The van der Waals surface area contributed by atoms with E-state index in [-0.39, 0.29) is 18.6 Å². The van der Waals surface area contributed by atoms with Crippen molar-refractivity contribution in [3.8, 4) is 22.7 Å². The van der Waals surface area contributed by atoms with Crippen molar-refractivity contribution in [3.05, 3.63) is 65.4 Å². The number of piperidine rings is 1. The summed E-state index contributed by atoms with van der Waals surface area (Å²) >= 11 is 0. The molecule has 202 valence electrons. The smallest absolute Gasteiger partial charge is 0.410 e. The molecule has 8 nitrogen and oxygen atoms in total. The summed E-state index contributed by atoms with van der Waals surface area (Å²) in [5.41, 5.74) is 4.12. The maximum atomic E-state index is 13.5. The third-order valence-electron chi connectivity index (χ3n) is 6.57. The number of hydrogen-bond donors (Lipinski definition) is 0. The number of likely N-dealkylation sites (tertiary alicyclic amines) is 1. The van der Waals surface area contributed by atoms with Crippen LogP contribution in [0, 0.1) is 6.92 Å². The van der Waals surface area contributed by atoms with Crippen LogP contribution in [0.2, 0.25) is 0 Å². The number of rotatable bonds is 6. The molecule has 0 radical (unpaired) electrons. The molecule has 1 aliphatic heterocycles. The lowest BCUT2D eigenvalue weighted by molar-refractivity contribution is 0.0202. The molecule has 1 aliphatic rings. The van der Waals surface area contributed by atoms with Gasteiger partial charge < -0.3 is 19.1 Å². The zero-order chi connectivity index (χ0) is 27.4. The van der Waals surface area contributed by atoms with E-state index in [1.807, 2.05) is 80.9 Å². The molecule has 1 saturated heterocycles. The van der Waals surface area contributed by atoms with Crippen molar-refractivity contribution < 1.29 is 23.8 Å². The van der Waals surface area contributed by atoms with Gasteiger partial charge in [-0.2, -0.15) is 5.10 Å². The van der Waals surface area contributed by atoms with Gasteiger partial charge in [0.15, 0.2) is 0 Å². The maximum absolute atomic E-state index is 13.5. The van der Waals surface area contributed by atoms with Crippen LogP contribution in [0.25, 0.3) is 16.9 Å². The summed E-state index contributed by atoms with van der Waals surface area (Å²) in [6.45, 7) is 10.7. The first kappa shape index (κ1) is 27.2. The Balaban J connectivity index is 1.78. The summed E-state index contributed by atoms with van der Waals surface area (Å²) in [4.78, 5) is 27.8. The molecule has 4 rings (SSSR count). The summed E-state index contributed by atoms with van der Waals surface area (Å²) in [5, 5.41) is 5.03. The molecule has 38 heavy (non-hydrogen) atoms. The van der Waals surface area contributed by atoms with Crippen LogP contribution in [0.3, 0.4) is 0 Å². The van der Waals surface area contributed by atoms with E-state index in [2.05, 4.69) is 0 Å². The number of hydrogen-bond acceptors (Lipinski definition) is 6. The molecule has 0 aliphatic carbocycles. The lowest BCUT2D eigenvalue weighted by atomic mass is 9.90. The van der Waals surface area contributed by atoms with E-state index in [0.29, 0.717) is 42.9 Å². The summed E-state index contributed by atoms with van der Waals surface area (Å²) in [6, 6.07) is 15.6. The Morgan fingerprint density at radius 2 is 1.63 bits per heavy atom. The van der Waals surface area contributed by atoms with Crippen LogP contribution in [0.1, 0.15) is 68.1 Å². The minimum absolute atomic E-state index is 0.0169. The molecular weight excluding hydrogens is 482 g/mol. The first-order chi connectivity index (χ1) is 18.1. The van der Waals surface area contributed by atoms with Crippen molar-refractivity contribution in [2.24, 2.45) is 0 Å². The molecule has 0 N–H and O–H groups in total. The summed E-state index contributed by atoms with van der Waals surface area (Å²) < 4.78 is 18.3. The number of ether oxygens (including phenoxy) is 3. The second-order valence-corrected chi connectivity index (χ2v) is 10.5. The summed E-state index contributed by atoms with van der Waals surface area (Å²) in [6.07, 6.45) is 1.02. The zero-order valence-corrected chi connectivity index (χ0v) is 23.1. The van der Waals surface area contributed by atoms with Crippen molar-refractivity contribution in [3.63, 3.8) is 0 Å². The maximum Gasteiger partial charge on any atom is 0.410 e. The number of amides is 1. The van der Waals surface area contributed by atoms with Crippen LogP contribution in [0.15, 0.2) is 48.5 Å². The van der Waals surface area contributed by atoms with Gasteiger partial charge in [-0.15, -0.1) is 0 Å². The lowest BCUT2D eigenvalue weighted by Gasteiger charge is -2.33. The highest BCUT2D eigenvalue weighted by Crippen LogP contribution is 2.37. The van der Waals surface area contributed by atoms with Crippen molar-refractivity contribution >= 4 is 12.1 Å². The van der Waals surface area contributed by atoms with E-state index in [1.54, 1.807) is 18.9 Å². The summed E-state index contributed by atoms with van der Waals surface area (Å²) in [5.74, 6) is 0.322. The van der Waals surface area contributed by atoms with Gasteiger partial charge >= 0.3 is 12.1 Å². The van der Waals surface area contributed by atoms with Gasteiger partial charge in [0.2, 0.25) is 0 Å². The highest BCUT2D eigenvalue weighted by molar-refractivity contribution is 5.98. The van der Waals surface area contributed by atoms with Gasteiger partial charge in [-0.1, -0.05) is 29.8 Å². The van der Waals surface area contributed by atoms with Crippen LogP contribution < -0.4 is 4.74 Å². The second kappa shape index (κ2) is 11.3. The number of methoxy groups -OCH3 is 1. The second-order valence-electron chi connectivity index (χ2n) is 10.5. The number of esters is 1. The van der Waals surface area contributed by atoms with Crippen LogP contribution >= 0.6 is 0 Å². The largest absolute Gasteiger partial charge is 0.497 e. The fourth-order valence-electron chi connectivity index (χ4n) is 4.68. The number of aryl methyl sites for hydroxylation is 1. The molecule has 0 atom stereocenters. The number of carbonyl (C=O) groups excluding carboxylic acids is 2. The zero-order valence-electron chi connectivity index (χ0n) is 23.1. The van der Waals surface area contributed by atoms with Gasteiger partial charge in [-0.25, -0.2) is 14.3 Å². The van der Waals surface area contributed by atoms with Gasteiger partial charge in [0.05, 0.1) is 30.8 Å². The normalized spacial score (nSPS) is 14.3. The van der Waals surface area contributed by atoms with Crippen molar-refractivity contribution in [2.45, 2.75) is 59.0 Å². The quantitative estimate of drug-likeness (QED) is 0.364. The first-order valence-corrected chi connectivity index (χ1v) is 13.1. The van der Waals surface area contributed by atoms with E-state index in [1.165, 1.54) is 0 Å². The van der Waals surface area contributed by atoms with Gasteiger partial charge in [0, 0.05) is 24.6 Å². The molecule has 2 heterocycles. The highest BCUT2D eigenvalue weighted by Gasteiger charge is 2.34. The molecule has 0 saturated carbocycles.